The van der Waals surface area contributed by atoms with Gasteiger partial charge in [-0.1, -0.05) is 23.4 Å². The van der Waals surface area contributed by atoms with Gasteiger partial charge in [0.15, 0.2) is 5.82 Å². The number of thioether (sulfide) groups is 1. The lowest BCUT2D eigenvalue weighted by Gasteiger charge is -2.06. The van der Waals surface area contributed by atoms with E-state index in [0.29, 0.717) is 28.4 Å². The summed E-state index contributed by atoms with van der Waals surface area (Å²) in [5, 5.41) is 8.48. The van der Waals surface area contributed by atoms with E-state index >= 15 is 0 Å². The number of aromatic amines is 1. The zero-order valence-corrected chi connectivity index (χ0v) is 16.6. The molecule has 27 heavy (non-hydrogen) atoms. The molecule has 0 bridgehead atoms. The first-order valence-corrected chi connectivity index (χ1v) is 9.72. The zero-order chi connectivity index (χ0) is 19.1. The van der Waals surface area contributed by atoms with Gasteiger partial charge in [-0.15, -0.1) is 5.10 Å². The summed E-state index contributed by atoms with van der Waals surface area (Å²) in [5.74, 6) is 3.81. The molecule has 1 heterocycles. The van der Waals surface area contributed by atoms with Crippen LogP contribution in [0.2, 0.25) is 5.02 Å². The molecule has 0 saturated heterocycles. The fourth-order valence-corrected chi connectivity index (χ4v) is 3.26. The Balaban J connectivity index is 1.48. The minimum Gasteiger partial charge on any atom is -0.497 e. The summed E-state index contributed by atoms with van der Waals surface area (Å²) in [6.45, 7) is 0.624. The van der Waals surface area contributed by atoms with Crippen molar-refractivity contribution >= 4 is 23.4 Å². The first-order chi connectivity index (χ1) is 13.2. The van der Waals surface area contributed by atoms with Crippen LogP contribution in [0.1, 0.15) is 6.42 Å². The molecule has 1 aromatic heterocycles. The summed E-state index contributed by atoms with van der Waals surface area (Å²) in [6.07, 6.45) is 0.876. The molecule has 0 aliphatic rings. The normalized spacial score (nSPS) is 10.6. The van der Waals surface area contributed by atoms with Crippen molar-refractivity contribution in [3.05, 3.63) is 47.5 Å². The minimum atomic E-state index is 0.618. The molecule has 142 valence electrons. The van der Waals surface area contributed by atoms with Crippen molar-refractivity contribution in [1.82, 2.24) is 15.2 Å². The lowest BCUT2D eigenvalue weighted by molar-refractivity contribution is 0.318. The molecule has 0 aliphatic heterocycles. The average molecular weight is 406 g/mol. The fourth-order valence-electron chi connectivity index (χ4n) is 2.38. The maximum absolute atomic E-state index is 6.07. The molecule has 0 fully saturated rings. The van der Waals surface area contributed by atoms with Crippen molar-refractivity contribution < 1.29 is 14.2 Å². The lowest BCUT2D eigenvalue weighted by atomic mass is 10.2. The van der Waals surface area contributed by atoms with Gasteiger partial charge in [0.2, 0.25) is 5.16 Å². The van der Waals surface area contributed by atoms with Gasteiger partial charge in [0.05, 0.1) is 26.4 Å². The Kier molecular flexibility index (Phi) is 6.84. The number of rotatable bonds is 9. The van der Waals surface area contributed by atoms with Crippen molar-refractivity contribution in [2.75, 3.05) is 26.6 Å². The van der Waals surface area contributed by atoms with E-state index in [1.807, 2.05) is 30.3 Å². The highest BCUT2D eigenvalue weighted by Gasteiger charge is 2.12. The van der Waals surface area contributed by atoms with Crippen molar-refractivity contribution in [3.63, 3.8) is 0 Å². The number of H-pyrrole nitrogens is 1. The molecule has 0 spiro atoms. The number of halogens is 1. The van der Waals surface area contributed by atoms with Crippen LogP contribution in [0.15, 0.2) is 47.6 Å². The van der Waals surface area contributed by atoms with Crippen LogP contribution in [0.4, 0.5) is 0 Å². The molecule has 3 rings (SSSR count). The number of ether oxygens (including phenoxy) is 3. The molecule has 0 radical (unpaired) electrons. The molecule has 1 N–H and O–H groups in total. The quantitative estimate of drug-likeness (QED) is 0.411. The standard InChI is InChI=1S/C19H20ClN3O3S/c1-24-14-5-7-15(8-6-14)26-10-3-11-27-19-21-18(22-23-19)16-12-13(20)4-9-17(16)25-2/h4-9,12H,3,10-11H2,1-2H3,(H,21,22,23). The topological polar surface area (TPSA) is 69.3 Å². The molecule has 0 aliphatic carbocycles. The van der Waals surface area contributed by atoms with Gasteiger partial charge in [-0.3, -0.25) is 5.10 Å². The Morgan fingerprint density at radius 1 is 1.04 bits per heavy atom. The van der Waals surface area contributed by atoms with Crippen LogP contribution >= 0.6 is 23.4 Å². The second-order valence-corrected chi connectivity index (χ2v) is 7.04. The minimum absolute atomic E-state index is 0.618. The van der Waals surface area contributed by atoms with Crippen LogP contribution in [0.25, 0.3) is 11.4 Å². The number of aromatic nitrogens is 3. The summed E-state index contributed by atoms with van der Waals surface area (Å²) < 4.78 is 16.2. The second kappa shape index (κ2) is 9.53. The van der Waals surface area contributed by atoms with Gasteiger partial charge >= 0.3 is 0 Å². The number of nitrogens with one attached hydrogen (secondary N) is 1. The summed E-state index contributed by atoms with van der Waals surface area (Å²) in [5.41, 5.74) is 0.784. The molecule has 2 aromatic carbocycles. The number of methoxy groups -OCH3 is 2. The summed E-state index contributed by atoms with van der Waals surface area (Å²) >= 11 is 7.64. The smallest absolute Gasteiger partial charge is 0.208 e. The number of nitrogens with zero attached hydrogens (tertiary/aromatic N) is 2. The Labute approximate surface area is 167 Å². The maximum atomic E-state index is 6.07. The van der Waals surface area contributed by atoms with E-state index in [1.54, 1.807) is 38.1 Å². The third-order valence-electron chi connectivity index (χ3n) is 3.73. The van der Waals surface area contributed by atoms with Gasteiger partial charge in [-0.2, -0.15) is 0 Å². The van der Waals surface area contributed by atoms with Crippen LogP contribution in [0, 0.1) is 0 Å². The Bertz CT molecular complexity index is 871. The van der Waals surface area contributed by atoms with Crippen LogP contribution < -0.4 is 14.2 Å². The van der Waals surface area contributed by atoms with Gasteiger partial charge < -0.3 is 14.2 Å². The lowest BCUT2D eigenvalue weighted by Crippen LogP contribution is -1.98. The van der Waals surface area contributed by atoms with E-state index in [4.69, 9.17) is 25.8 Å². The molecule has 0 unspecified atom stereocenters. The first-order valence-electron chi connectivity index (χ1n) is 8.35. The SMILES string of the molecule is COc1ccc(OCCCSc2n[nH]c(-c3cc(Cl)ccc3OC)n2)cc1. The molecule has 0 amide bonds. The van der Waals surface area contributed by atoms with Crippen LogP contribution in [0.5, 0.6) is 17.2 Å². The van der Waals surface area contributed by atoms with Crippen molar-refractivity contribution in [3.8, 4) is 28.6 Å². The van der Waals surface area contributed by atoms with E-state index in [1.165, 1.54) is 0 Å². The van der Waals surface area contributed by atoms with Crippen molar-refractivity contribution in [1.29, 1.82) is 0 Å². The predicted molar refractivity (Wildman–Crippen MR) is 107 cm³/mol. The van der Waals surface area contributed by atoms with Gasteiger partial charge in [0.1, 0.15) is 17.2 Å². The highest BCUT2D eigenvalue weighted by atomic mass is 35.5. The summed E-state index contributed by atoms with van der Waals surface area (Å²) in [4.78, 5) is 4.51. The second-order valence-electron chi connectivity index (χ2n) is 5.54. The molecule has 0 saturated carbocycles. The highest BCUT2D eigenvalue weighted by molar-refractivity contribution is 7.99. The van der Waals surface area contributed by atoms with E-state index in [-0.39, 0.29) is 0 Å². The van der Waals surface area contributed by atoms with Gasteiger partial charge in [0, 0.05) is 10.8 Å². The van der Waals surface area contributed by atoms with Gasteiger partial charge in [0.25, 0.3) is 0 Å². The third-order valence-corrected chi connectivity index (χ3v) is 4.90. The zero-order valence-electron chi connectivity index (χ0n) is 15.1. The van der Waals surface area contributed by atoms with Gasteiger partial charge in [-0.25, -0.2) is 4.98 Å². The van der Waals surface area contributed by atoms with Crippen molar-refractivity contribution in [2.45, 2.75) is 11.6 Å². The average Bonchev–Trinajstić information content (AvgIpc) is 3.17. The number of hydrogen-bond acceptors (Lipinski definition) is 6. The van der Waals surface area contributed by atoms with Crippen LogP contribution in [-0.2, 0) is 0 Å². The van der Waals surface area contributed by atoms with E-state index < -0.39 is 0 Å². The largest absolute Gasteiger partial charge is 0.497 e. The molecule has 0 atom stereocenters. The predicted octanol–water partition coefficient (Wildman–Crippen LogP) is 4.70. The molecule has 6 nitrogen and oxygen atoms in total. The Morgan fingerprint density at radius 3 is 2.56 bits per heavy atom. The monoisotopic (exact) mass is 405 g/mol. The molecule has 8 heteroatoms. The third kappa shape index (κ3) is 5.30. The van der Waals surface area contributed by atoms with Crippen LogP contribution in [0.3, 0.4) is 0 Å². The highest BCUT2D eigenvalue weighted by Crippen LogP contribution is 2.31. The fraction of sp³-hybridized carbons (Fsp3) is 0.263. The number of hydrogen-bond donors (Lipinski definition) is 1. The Hall–Kier alpha value is -2.38. The number of benzene rings is 2. The molecular formula is C19H20ClN3O3S. The molecule has 3 aromatic rings. The van der Waals surface area contributed by atoms with E-state index in [0.717, 1.165) is 29.2 Å². The van der Waals surface area contributed by atoms with Crippen molar-refractivity contribution in [2.24, 2.45) is 0 Å². The van der Waals surface area contributed by atoms with Gasteiger partial charge in [-0.05, 0) is 48.9 Å². The van der Waals surface area contributed by atoms with E-state index in [2.05, 4.69) is 15.2 Å². The van der Waals surface area contributed by atoms with E-state index in [9.17, 15) is 0 Å². The summed E-state index contributed by atoms with van der Waals surface area (Å²) in [7, 11) is 3.26. The Morgan fingerprint density at radius 2 is 1.81 bits per heavy atom. The maximum Gasteiger partial charge on any atom is 0.208 e. The molecular weight excluding hydrogens is 386 g/mol. The summed E-state index contributed by atoms with van der Waals surface area (Å²) in [6, 6.07) is 12.9. The van der Waals surface area contributed by atoms with Crippen LogP contribution in [-0.4, -0.2) is 41.8 Å². The first kappa shape index (κ1) is 19.4.